The van der Waals surface area contributed by atoms with E-state index >= 15 is 0 Å². The molecule has 0 spiro atoms. The predicted octanol–water partition coefficient (Wildman–Crippen LogP) is 2.78. The fraction of sp³-hybridized carbons (Fsp3) is 0.312. The summed E-state index contributed by atoms with van der Waals surface area (Å²) in [6, 6.07) is 9.47. The summed E-state index contributed by atoms with van der Waals surface area (Å²) in [5.74, 6) is -0.311. The molecule has 1 aromatic carbocycles. The van der Waals surface area contributed by atoms with Crippen molar-refractivity contribution in [2.24, 2.45) is 0 Å². The van der Waals surface area contributed by atoms with Gasteiger partial charge in [0.1, 0.15) is 19.0 Å². The molecule has 0 aliphatic carbocycles. The molecule has 6 nitrogen and oxygen atoms in total. The van der Waals surface area contributed by atoms with Gasteiger partial charge in [0.15, 0.2) is 0 Å². The maximum Gasteiger partial charge on any atom is 0.419 e. The van der Waals surface area contributed by atoms with Gasteiger partial charge in [-0.15, -0.1) is 0 Å². The zero-order chi connectivity index (χ0) is 15.8. The third-order valence-electron chi connectivity index (χ3n) is 3.01. The summed E-state index contributed by atoms with van der Waals surface area (Å²) >= 11 is 0. The second-order valence-electron chi connectivity index (χ2n) is 4.85. The van der Waals surface area contributed by atoms with Gasteiger partial charge in [0.25, 0.3) is 0 Å². The van der Waals surface area contributed by atoms with Crippen LogP contribution in [0.1, 0.15) is 25.3 Å². The number of ether oxygens (including phenoxy) is 2. The summed E-state index contributed by atoms with van der Waals surface area (Å²) in [5.41, 5.74) is 0.940. The van der Waals surface area contributed by atoms with Gasteiger partial charge in [0.05, 0.1) is 0 Å². The maximum atomic E-state index is 11.7. The normalized spacial score (nSPS) is 11.7. The molecule has 0 aliphatic heterocycles. The number of hydrogen-bond donors (Lipinski definition) is 0. The molecule has 0 amide bonds. The minimum atomic E-state index is -0.511. The van der Waals surface area contributed by atoms with Crippen LogP contribution in [0.4, 0.5) is 4.79 Å². The second kappa shape index (κ2) is 7.97. The first-order chi connectivity index (χ1) is 10.6. The lowest BCUT2D eigenvalue weighted by atomic mass is 10.2. The van der Waals surface area contributed by atoms with Crippen molar-refractivity contribution in [3.8, 4) is 0 Å². The predicted molar refractivity (Wildman–Crippen MR) is 79.0 cm³/mol. The van der Waals surface area contributed by atoms with Crippen molar-refractivity contribution in [3.63, 3.8) is 0 Å². The molecule has 0 fully saturated rings. The molecule has 0 N–H and O–H groups in total. The van der Waals surface area contributed by atoms with Crippen molar-refractivity contribution in [1.82, 2.24) is 9.55 Å². The van der Waals surface area contributed by atoms with E-state index in [-0.39, 0.29) is 25.1 Å². The molecular formula is C16H18N2O4. The van der Waals surface area contributed by atoms with E-state index in [9.17, 15) is 9.59 Å². The van der Waals surface area contributed by atoms with Crippen LogP contribution in [0.25, 0.3) is 0 Å². The molecule has 1 aromatic heterocycles. The van der Waals surface area contributed by atoms with E-state index in [0.29, 0.717) is 6.42 Å². The highest BCUT2D eigenvalue weighted by atomic mass is 16.6. The molecular weight excluding hydrogens is 284 g/mol. The lowest BCUT2D eigenvalue weighted by Gasteiger charge is -2.12. The van der Waals surface area contributed by atoms with Crippen LogP contribution in [-0.4, -0.2) is 27.7 Å². The van der Waals surface area contributed by atoms with Crippen molar-refractivity contribution in [1.29, 1.82) is 0 Å². The van der Waals surface area contributed by atoms with Gasteiger partial charge >= 0.3 is 12.1 Å². The van der Waals surface area contributed by atoms with Crippen LogP contribution in [-0.2, 0) is 20.9 Å². The third-order valence-corrected chi connectivity index (χ3v) is 3.01. The molecule has 2 rings (SSSR count). The van der Waals surface area contributed by atoms with E-state index in [2.05, 4.69) is 4.98 Å². The fourth-order valence-corrected chi connectivity index (χ4v) is 1.79. The van der Waals surface area contributed by atoms with E-state index < -0.39 is 6.09 Å². The lowest BCUT2D eigenvalue weighted by molar-refractivity contribution is -0.145. The summed E-state index contributed by atoms with van der Waals surface area (Å²) in [6.07, 6.45) is 4.08. The number of aromatic nitrogens is 2. The monoisotopic (exact) mass is 302 g/mol. The molecule has 0 radical (unpaired) electrons. The average molecular weight is 302 g/mol. The first-order valence-corrected chi connectivity index (χ1v) is 7.03. The van der Waals surface area contributed by atoms with Crippen molar-refractivity contribution < 1.29 is 19.1 Å². The summed E-state index contributed by atoms with van der Waals surface area (Å²) in [6.45, 7) is 1.99. The standard InChI is InChI=1S/C16H18N2O4/c1-13(22-16(20)18-10-9-17-12-18)7-8-15(19)21-11-14-5-3-2-4-6-14/h2-6,9-10,12-13H,7-8,11H2,1H3/t13-/m1/s1. The lowest BCUT2D eigenvalue weighted by Crippen LogP contribution is -2.20. The number of carbonyl (C=O) groups excluding carboxylic acids is 2. The Balaban J connectivity index is 1.66. The van der Waals surface area contributed by atoms with Crippen molar-refractivity contribution >= 4 is 12.1 Å². The van der Waals surface area contributed by atoms with Gasteiger partial charge in [0.2, 0.25) is 0 Å². The van der Waals surface area contributed by atoms with Crippen LogP contribution in [0.3, 0.4) is 0 Å². The van der Waals surface area contributed by atoms with Gasteiger partial charge in [-0.3, -0.25) is 4.79 Å². The Morgan fingerprint density at radius 3 is 2.73 bits per heavy atom. The Kier molecular flexibility index (Phi) is 5.71. The topological polar surface area (TPSA) is 70.4 Å². The van der Waals surface area contributed by atoms with E-state index in [4.69, 9.17) is 9.47 Å². The van der Waals surface area contributed by atoms with Crippen molar-refractivity contribution in [3.05, 3.63) is 54.6 Å². The van der Waals surface area contributed by atoms with E-state index in [1.54, 1.807) is 6.92 Å². The Morgan fingerprint density at radius 1 is 1.27 bits per heavy atom. The molecule has 116 valence electrons. The number of imidazole rings is 1. The largest absolute Gasteiger partial charge is 0.461 e. The number of rotatable bonds is 6. The Morgan fingerprint density at radius 2 is 2.05 bits per heavy atom. The van der Waals surface area contributed by atoms with E-state index in [1.807, 2.05) is 30.3 Å². The quantitative estimate of drug-likeness (QED) is 0.767. The van der Waals surface area contributed by atoms with Crippen LogP contribution < -0.4 is 0 Å². The number of benzene rings is 1. The van der Waals surface area contributed by atoms with Gasteiger partial charge < -0.3 is 9.47 Å². The first kappa shape index (κ1) is 15.8. The highest BCUT2D eigenvalue weighted by molar-refractivity contribution is 5.71. The number of carbonyl (C=O) groups is 2. The number of hydrogen-bond acceptors (Lipinski definition) is 5. The number of nitrogens with zero attached hydrogens (tertiary/aromatic N) is 2. The van der Waals surface area contributed by atoms with Crippen LogP contribution >= 0.6 is 0 Å². The Hall–Kier alpha value is -2.63. The molecule has 2 aromatic rings. The summed E-state index contributed by atoms with van der Waals surface area (Å²) in [7, 11) is 0. The van der Waals surface area contributed by atoms with Gasteiger partial charge in [-0.05, 0) is 18.9 Å². The highest BCUT2D eigenvalue weighted by Crippen LogP contribution is 2.07. The zero-order valence-electron chi connectivity index (χ0n) is 12.3. The molecule has 22 heavy (non-hydrogen) atoms. The molecule has 1 atom stereocenters. The molecule has 0 bridgehead atoms. The minimum absolute atomic E-state index is 0.200. The highest BCUT2D eigenvalue weighted by Gasteiger charge is 2.13. The van der Waals surface area contributed by atoms with Crippen LogP contribution in [0.5, 0.6) is 0 Å². The van der Waals surface area contributed by atoms with Gasteiger partial charge in [-0.1, -0.05) is 30.3 Å². The zero-order valence-corrected chi connectivity index (χ0v) is 12.3. The van der Waals surface area contributed by atoms with Crippen LogP contribution in [0.2, 0.25) is 0 Å². The van der Waals surface area contributed by atoms with E-state index in [0.717, 1.165) is 5.56 Å². The van der Waals surface area contributed by atoms with Crippen molar-refractivity contribution in [2.45, 2.75) is 32.5 Å². The van der Waals surface area contributed by atoms with Gasteiger partial charge in [-0.2, -0.15) is 0 Å². The van der Waals surface area contributed by atoms with Crippen LogP contribution in [0.15, 0.2) is 49.1 Å². The molecule has 0 unspecified atom stereocenters. The molecule has 0 saturated heterocycles. The average Bonchev–Trinajstić information content (AvgIpc) is 3.06. The Bertz CT molecular complexity index is 596. The molecule has 1 heterocycles. The van der Waals surface area contributed by atoms with Gasteiger partial charge in [0, 0.05) is 18.8 Å². The van der Waals surface area contributed by atoms with Crippen LogP contribution in [0, 0.1) is 0 Å². The summed E-state index contributed by atoms with van der Waals surface area (Å²) in [4.78, 5) is 27.1. The SMILES string of the molecule is C[C@H](CCC(=O)OCc1ccccc1)OC(=O)n1ccnc1. The molecule has 6 heteroatoms. The molecule has 0 aliphatic rings. The third kappa shape index (κ3) is 5.05. The maximum absolute atomic E-state index is 11.7. The smallest absolute Gasteiger partial charge is 0.419 e. The minimum Gasteiger partial charge on any atom is -0.461 e. The number of esters is 1. The first-order valence-electron chi connectivity index (χ1n) is 7.03. The van der Waals surface area contributed by atoms with Crippen molar-refractivity contribution in [2.75, 3.05) is 0 Å². The fourth-order valence-electron chi connectivity index (χ4n) is 1.79. The van der Waals surface area contributed by atoms with Gasteiger partial charge in [-0.25, -0.2) is 14.3 Å². The molecule has 0 saturated carbocycles. The summed E-state index contributed by atoms with van der Waals surface area (Å²) in [5, 5.41) is 0. The Labute approximate surface area is 128 Å². The second-order valence-corrected chi connectivity index (χ2v) is 4.85. The summed E-state index contributed by atoms with van der Waals surface area (Å²) < 4.78 is 11.6. The van der Waals surface area contributed by atoms with E-state index in [1.165, 1.54) is 23.3 Å².